The van der Waals surface area contributed by atoms with Gasteiger partial charge in [0.15, 0.2) is 0 Å². The quantitative estimate of drug-likeness (QED) is 0.444. The van der Waals surface area contributed by atoms with E-state index in [-0.39, 0.29) is 17.9 Å². The zero-order valence-corrected chi connectivity index (χ0v) is 16.1. The molecule has 1 heterocycles. The van der Waals surface area contributed by atoms with Gasteiger partial charge in [0.05, 0.1) is 11.1 Å². The minimum absolute atomic E-state index is 0.00237. The molecular formula is C20H24F6N2. The fourth-order valence-corrected chi connectivity index (χ4v) is 2.67. The third-order valence-electron chi connectivity index (χ3n) is 4.30. The SMILES string of the molecule is C\C=C(/C=C\C(=C/N)C(F)(F)F)C(C)Cc1cnc(C(C)C)cc1C(F)(F)F. The van der Waals surface area contributed by atoms with Crippen LogP contribution in [0, 0.1) is 5.92 Å². The Morgan fingerprint density at radius 1 is 1.11 bits per heavy atom. The number of hydrogen-bond donors (Lipinski definition) is 1. The molecule has 2 N–H and O–H groups in total. The molecule has 1 atom stereocenters. The summed E-state index contributed by atoms with van der Waals surface area (Å²) >= 11 is 0. The number of pyridine rings is 1. The Morgan fingerprint density at radius 3 is 2.14 bits per heavy atom. The molecule has 0 aliphatic carbocycles. The summed E-state index contributed by atoms with van der Waals surface area (Å²) in [5, 5.41) is 0. The highest BCUT2D eigenvalue weighted by Crippen LogP contribution is 2.35. The second-order valence-electron chi connectivity index (χ2n) is 6.77. The van der Waals surface area contributed by atoms with Gasteiger partial charge in [-0.3, -0.25) is 4.98 Å². The van der Waals surface area contributed by atoms with Crippen LogP contribution in [-0.2, 0) is 12.6 Å². The van der Waals surface area contributed by atoms with Gasteiger partial charge < -0.3 is 5.73 Å². The molecule has 0 bridgehead atoms. The lowest BCUT2D eigenvalue weighted by Gasteiger charge is -2.19. The van der Waals surface area contributed by atoms with Gasteiger partial charge in [-0.1, -0.05) is 32.9 Å². The summed E-state index contributed by atoms with van der Waals surface area (Å²) in [6.07, 6.45) is -3.91. The van der Waals surface area contributed by atoms with Gasteiger partial charge in [-0.25, -0.2) is 0 Å². The Hall–Kier alpha value is -2.25. The number of nitrogens with zero attached hydrogens (tertiary/aromatic N) is 1. The van der Waals surface area contributed by atoms with Crippen molar-refractivity contribution >= 4 is 0 Å². The Balaban J connectivity index is 3.16. The first-order valence-electron chi connectivity index (χ1n) is 8.70. The largest absolute Gasteiger partial charge is 0.417 e. The molecule has 0 aliphatic heterocycles. The number of halogens is 6. The predicted octanol–water partition coefficient (Wildman–Crippen LogP) is 6.31. The predicted molar refractivity (Wildman–Crippen MR) is 97.4 cm³/mol. The molecule has 0 amide bonds. The molecule has 28 heavy (non-hydrogen) atoms. The van der Waals surface area contributed by atoms with Crippen LogP contribution in [0.25, 0.3) is 0 Å². The maximum Gasteiger partial charge on any atom is 0.417 e. The summed E-state index contributed by atoms with van der Waals surface area (Å²) < 4.78 is 78.6. The van der Waals surface area contributed by atoms with Gasteiger partial charge >= 0.3 is 12.4 Å². The summed E-state index contributed by atoms with van der Waals surface area (Å²) in [6, 6.07) is 1.04. The van der Waals surface area contributed by atoms with E-state index in [2.05, 4.69) is 4.98 Å². The molecule has 1 rings (SSSR count). The van der Waals surface area contributed by atoms with E-state index in [0.29, 0.717) is 17.5 Å². The normalized spacial score (nSPS) is 15.5. The summed E-state index contributed by atoms with van der Waals surface area (Å²) in [5.74, 6) is -0.619. The van der Waals surface area contributed by atoms with Gasteiger partial charge in [-0.15, -0.1) is 0 Å². The number of nitrogens with two attached hydrogens (primary N) is 1. The molecule has 0 radical (unpaired) electrons. The molecule has 1 aromatic rings. The first kappa shape index (κ1) is 23.8. The molecule has 1 aromatic heterocycles. The van der Waals surface area contributed by atoms with Gasteiger partial charge in [0.1, 0.15) is 0 Å². The van der Waals surface area contributed by atoms with Crippen LogP contribution in [-0.4, -0.2) is 11.2 Å². The first-order valence-corrected chi connectivity index (χ1v) is 8.70. The van der Waals surface area contributed by atoms with Crippen LogP contribution in [0.5, 0.6) is 0 Å². The molecule has 8 heteroatoms. The molecule has 0 saturated carbocycles. The van der Waals surface area contributed by atoms with Crippen molar-refractivity contribution in [1.29, 1.82) is 0 Å². The van der Waals surface area contributed by atoms with E-state index in [1.165, 1.54) is 12.3 Å². The Morgan fingerprint density at radius 2 is 1.71 bits per heavy atom. The van der Waals surface area contributed by atoms with Crippen LogP contribution in [0.2, 0.25) is 0 Å². The zero-order chi connectivity index (χ0) is 21.7. The van der Waals surface area contributed by atoms with E-state index < -0.39 is 29.4 Å². The highest BCUT2D eigenvalue weighted by Gasteiger charge is 2.35. The van der Waals surface area contributed by atoms with Gasteiger partial charge in [0.2, 0.25) is 0 Å². The van der Waals surface area contributed by atoms with Crippen molar-refractivity contribution in [2.24, 2.45) is 11.7 Å². The summed E-state index contributed by atoms with van der Waals surface area (Å²) in [4.78, 5) is 4.10. The van der Waals surface area contributed by atoms with Gasteiger partial charge in [0, 0.05) is 18.1 Å². The summed E-state index contributed by atoms with van der Waals surface area (Å²) in [7, 11) is 0. The maximum absolute atomic E-state index is 13.5. The molecule has 156 valence electrons. The van der Waals surface area contributed by atoms with E-state index in [1.807, 2.05) is 0 Å². The summed E-state index contributed by atoms with van der Waals surface area (Å²) in [5.41, 5.74) is 4.00. The monoisotopic (exact) mass is 406 g/mol. The number of aromatic nitrogens is 1. The first-order chi connectivity index (χ1) is 12.8. The number of allylic oxidation sites excluding steroid dienone is 5. The molecule has 0 aromatic carbocycles. The Kier molecular flexibility index (Phi) is 7.90. The maximum atomic E-state index is 13.5. The standard InChI is InChI=1S/C20H24F6N2/c1-5-14(6-7-16(10-27)19(21,22)23)13(4)8-15-11-28-18(12(2)3)9-17(15)20(24,25)26/h5-7,9-13H,8,27H2,1-4H3/b7-6-,14-5+,16-10+. The molecule has 0 saturated heterocycles. The van der Waals surface area contributed by atoms with Crippen molar-refractivity contribution in [3.05, 3.63) is 64.7 Å². The van der Waals surface area contributed by atoms with E-state index in [0.717, 1.165) is 12.1 Å². The lowest BCUT2D eigenvalue weighted by Crippen LogP contribution is -2.14. The van der Waals surface area contributed by atoms with Crippen LogP contribution in [0.15, 0.2) is 47.8 Å². The van der Waals surface area contributed by atoms with Crippen molar-refractivity contribution in [2.75, 3.05) is 0 Å². The van der Waals surface area contributed by atoms with E-state index in [1.54, 1.807) is 33.8 Å². The van der Waals surface area contributed by atoms with Crippen LogP contribution >= 0.6 is 0 Å². The van der Waals surface area contributed by atoms with Crippen LogP contribution < -0.4 is 5.73 Å². The number of rotatable bonds is 6. The molecule has 0 aliphatic rings. The lowest BCUT2D eigenvalue weighted by molar-refractivity contribution is -0.138. The third-order valence-corrected chi connectivity index (χ3v) is 4.30. The second kappa shape index (κ2) is 9.30. The lowest BCUT2D eigenvalue weighted by atomic mass is 9.90. The van der Waals surface area contributed by atoms with Crippen molar-refractivity contribution in [2.45, 2.75) is 52.4 Å². The minimum Gasteiger partial charge on any atom is -0.404 e. The molecule has 2 nitrogen and oxygen atoms in total. The fraction of sp³-hybridized carbons (Fsp3) is 0.450. The van der Waals surface area contributed by atoms with Crippen LogP contribution in [0.4, 0.5) is 26.3 Å². The molecule has 0 spiro atoms. The van der Waals surface area contributed by atoms with Crippen molar-refractivity contribution < 1.29 is 26.3 Å². The van der Waals surface area contributed by atoms with Crippen molar-refractivity contribution in [3.63, 3.8) is 0 Å². The Bertz CT molecular complexity index is 755. The zero-order valence-electron chi connectivity index (χ0n) is 16.1. The molecular weight excluding hydrogens is 382 g/mol. The van der Waals surface area contributed by atoms with E-state index in [4.69, 9.17) is 5.73 Å². The number of hydrogen-bond acceptors (Lipinski definition) is 2. The molecule has 1 unspecified atom stereocenters. The average molecular weight is 406 g/mol. The molecule has 0 fully saturated rings. The Labute approximate surface area is 160 Å². The second-order valence-corrected chi connectivity index (χ2v) is 6.77. The van der Waals surface area contributed by atoms with Gasteiger partial charge in [-0.2, -0.15) is 26.3 Å². The highest BCUT2D eigenvalue weighted by atomic mass is 19.4. The smallest absolute Gasteiger partial charge is 0.404 e. The van der Waals surface area contributed by atoms with Crippen molar-refractivity contribution in [1.82, 2.24) is 4.98 Å². The van der Waals surface area contributed by atoms with E-state index in [9.17, 15) is 26.3 Å². The highest BCUT2D eigenvalue weighted by molar-refractivity contribution is 5.35. The number of alkyl halides is 6. The van der Waals surface area contributed by atoms with E-state index >= 15 is 0 Å². The third kappa shape index (κ3) is 6.42. The van der Waals surface area contributed by atoms with Gasteiger partial charge in [-0.05, 0) is 48.5 Å². The van der Waals surface area contributed by atoms with Crippen molar-refractivity contribution in [3.8, 4) is 0 Å². The summed E-state index contributed by atoms with van der Waals surface area (Å²) in [6.45, 7) is 6.75. The van der Waals surface area contributed by atoms with Gasteiger partial charge in [0.25, 0.3) is 0 Å². The fourth-order valence-electron chi connectivity index (χ4n) is 2.67. The average Bonchev–Trinajstić information content (AvgIpc) is 2.56. The van der Waals surface area contributed by atoms with Crippen LogP contribution in [0.1, 0.15) is 50.4 Å². The topological polar surface area (TPSA) is 38.9 Å². The van der Waals surface area contributed by atoms with Crippen LogP contribution in [0.3, 0.4) is 0 Å². The minimum atomic E-state index is -4.60.